The molecule has 0 spiro atoms. The van der Waals surface area contributed by atoms with Crippen molar-refractivity contribution < 1.29 is 9.53 Å². The van der Waals surface area contributed by atoms with Crippen LogP contribution in [0.4, 0.5) is 0 Å². The summed E-state index contributed by atoms with van der Waals surface area (Å²) >= 11 is 0. The molecule has 0 aliphatic rings. The highest BCUT2D eigenvalue weighted by Crippen LogP contribution is 2.28. The molecule has 0 saturated heterocycles. The lowest BCUT2D eigenvalue weighted by molar-refractivity contribution is 0.112. The summed E-state index contributed by atoms with van der Waals surface area (Å²) in [5.41, 5.74) is 3.19. The van der Waals surface area contributed by atoms with E-state index in [-0.39, 0.29) is 0 Å². The van der Waals surface area contributed by atoms with E-state index in [2.05, 4.69) is 5.10 Å². The number of hydrogen-bond acceptors (Lipinski definition) is 3. The predicted octanol–water partition coefficient (Wildman–Crippen LogP) is 2.22. The van der Waals surface area contributed by atoms with E-state index in [4.69, 9.17) is 4.74 Å². The summed E-state index contributed by atoms with van der Waals surface area (Å²) in [5, 5.41) is 4.32. The van der Waals surface area contributed by atoms with Crippen LogP contribution in [0.5, 0.6) is 5.88 Å². The Morgan fingerprint density at radius 3 is 2.76 bits per heavy atom. The number of benzene rings is 1. The Bertz CT molecular complexity index is 559. The number of carbonyl (C=O) groups excluding carboxylic acids is 1. The third kappa shape index (κ3) is 1.93. The Morgan fingerprint density at radius 2 is 2.18 bits per heavy atom. The Morgan fingerprint density at radius 1 is 1.41 bits per heavy atom. The van der Waals surface area contributed by atoms with Crippen LogP contribution in [0.25, 0.3) is 11.3 Å². The van der Waals surface area contributed by atoms with Gasteiger partial charge in [0.25, 0.3) is 0 Å². The highest BCUT2D eigenvalue weighted by Gasteiger charge is 2.17. The van der Waals surface area contributed by atoms with E-state index in [1.165, 1.54) is 7.11 Å². The van der Waals surface area contributed by atoms with Gasteiger partial charge in [0.05, 0.1) is 7.11 Å². The van der Waals surface area contributed by atoms with Gasteiger partial charge >= 0.3 is 0 Å². The van der Waals surface area contributed by atoms with Gasteiger partial charge in [0.2, 0.25) is 5.88 Å². The minimum absolute atomic E-state index is 0.483. The zero-order valence-electron chi connectivity index (χ0n) is 10.1. The second-order valence-electron chi connectivity index (χ2n) is 3.88. The third-order valence-corrected chi connectivity index (χ3v) is 2.63. The van der Waals surface area contributed by atoms with Gasteiger partial charge in [-0.2, -0.15) is 5.10 Å². The van der Waals surface area contributed by atoms with Crippen LogP contribution < -0.4 is 4.74 Å². The van der Waals surface area contributed by atoms with E-state index >= 15 is 0 Å². The van der Waals surface area contributed by atoms with Crippen LogP contribution in [-0.4, -0.2) is 23.2 Å². The summed E-state index contributed by atoms with van der Waals surface area (Å²) in [4.78, 5) is 11.1. The van der Waals surface area contributed by atoms with Crippen LogP contribution in [-0.2, 0) is 7.05 Å². The zero-order chi connectivity index (χ0) is 12.4. The predicted molar refractivity (Wildman–Crippen MR) is 65.3 cm³/mol. The number of nitrogens with zero attached hydrogens (tertiary/aromatic N) is 2. The highest BCUT2D eigenvalue weighted by molar-refractivity contribution is 5.88. The van der Waals surface area contributed by atoms with Gasteiger partial charge in [-0.25, -0.2) is 4.68 Å². The Hall–Kier alpha value is -2.10. The average Bonchev–Trinajstić information content (AvgIpc) is 2.65. The molecule has 0 saturated carbocycles. The molecule has 4 nitrogen and oxygen atoms in total. The Labute approximate surface area is 99.8 Å². The summed E-state index contributed by atoms with van der Waals surface area (Å²) in [6.07, 6.45) is 0.781. The first kappa shape index (κ1) is 11.4. The maximum Gasteiger partial charge on any atom is 0.222 e. The van der Waals surface area contributed by atoms with Crippen molar-refractivity contribution >= 4 is 6.29 Å². The first-order chi connectivity index (χ1) is 8.17. The molecule has 0 bridgehead atoms. The average molecular weight is 230 g/mol. The van der Waals surface area contributed by atoms with Crippen LogP contribution in [0.3, 0.4) is 0 Å². The van der Waals surface area contributed by atoms with E-state index in [1.54, 1.807) is 11.7 Å². The molecule has 0 aliphatic heterocycles. The Balaban J connectivity index is 2.63. The molecule has 1 heterocycles. The molecule has 0 unspecified atom stereocenters. The summed E-state index contributed by atoms with van der Waals surface area (Å²) in [6.45, 7) is 2.00. The second kappa shape index (κ2) is 4.41. The summed E-state index contributed by atoms with van der Waals surface area (Å²) in [5.74, 6) is 0.483. The van der Waals surface area contributed by atoms with Gasteiger partial charge in [-0.3, -0.25) is 4.79 Å². The molecular weight excluding hydrogens is 216 g/mol. The van der Waals surface area contributed by atoms with Gasteiger partial charge in [-0.1, -0.05) is 23.8 Å². The molecular formula is C13H14N2O2. The van der Waals surface area contributed by atoms with E-state index in [0.29, 0.717) is 17.1 Å². The fourth-order valence-electron chi connectivity index (χ4n) is 1.88. The number of aldehydes is 1. The minimum atomic E-state index is 0.483. The molecule has 88 valence electrons. The minimum Gasteiger partial charge on any atom is -0.481 e. The quantitative estimate of drug-likeness (QED) is 0.759. The molecule has 17 heavy (non-hydrogen) atoms. The van der Waals surface area contributed by atoms with Crippen molar-refractivity contribution in [2.24, 2.45) is 7.05 Å². The molecule has 0 amide bonds. The topological polar surface area (TPSA) is 44.1 Å². The molecule has 0 aliphatic carbocycles. The fraction of sp³-hybridized carbons (Fsp3) is 0.231. The van der Waals surface area contributed by atoms with E-state index in [0.717, 1.165) is 17.4 Å². The molecule has 1 aromatic heterocycles. The molecule has 0 radical (unpaired) electrons. The van der Waals surface area contributed by atoms with Crippen molar-refractivity contribution in [2.45, 2.75) is 6.92 Å². The van der Waals surface area contributed by atoms with Crippen molar-refractivity contribution in [1.29, 1.82) is 0 Å². The van der Waals surface area contributed by atoms with Crippen molar-refractivity contribution in [3.8, 4) is 17.1 Å². The number of ether oxygens (including phenoxy) is 1. The lowest BCUT2D eigenvalue weighted by Crippen LogP contribution is -1.96. The largest absolute Gasteiger partial charge is 0.481 e. The maximum atomic E-state index is 11.1. The SMILES string of the molecule is COc1c(C=O)c(-c2cccc(C)c2)nn1C. The van der Waals surface area contributed by atoms with Gasteiger partial charge in [0.1, 0.15) is 11.3 Å². The van der Waals surface area contributed by atoms with E-state index < -0.39 is 0 Å². The summed E-state index contributed by atoms with van der Waals surface area (Å²) < 4.78 is 6.74. The first-order valence-electron chi connectivity index (χ1n) is 5.30. The van der Waals surface area contributed by atoms with Crippen LogP contribution in [0.15, 0.2) is 24.3 Å². The zero-order valence-corrected chi connectivity index (χ0v) is 10.1. The lowest BCUT2D eigenvalue weighted by atomic mass is 10.1. The number of carbonyl (C=O) groups is 1. The van der Waals surface area contributed by atoms with Crippen LogP contribution in [0, 0.1) is 6.92 Å². The second-order valence-corrected chi connectivity index (χ2v) is 3.88. The van der Waals surface area contributed by atoms with Crippen LogP contribution in [0.1, 0.15) is 15.9 Å². The first-order valence-corrected chi connectivity index (χ1v) is 5.30. The number of hydrogen-bond donors (Lipinski definition) is 0. The monoisotopic (exact) mass is 230 g/mol. The molecule has 2 aromatic rings. The fourth-order valence-corrected chi connectivity index (χ4v) is 1.88. The normalized spacial score (nSPS) is 10.3. The Kier molecular flexibility index (Phi) is 2.95. The van der Waals surface area contributed by atoms with Crippen molar-refractivity contribution in [2.75, 3.05) is 7.11 Å². The summed E-state index contributed by atoms with van der Waals surface area (Å²) in [6, 6.07) is 7.88. The van der Waals surface area contributed by atoms with E-state index in [1.807, 2.05) is 31.2 Å². The number of aryl methyl sites for hydroxylation is 2. The molecule has 2 rings (SSSR count). The van der Waals surface area contributed by atoms with Gasteiger partial charge < -0.3 is 4.74 Å². The molecule has 1 aromatic carbocycles. The van der Waals surface area contributed by atoms with Crippen molar-refractivity contribution in [3.05, 3.63) is 35.4 Å². The number of rotatable bonds is 3. The van der Waals surface area contributed by atoms with Crippen LogP contribution >= 0.6 is 0 Å². The molecule has 0 fully saturated rings. The number of methoxy groups -OCH3 is 1. The van der Waals surface area contributed by atoms with Gasteiger partial charge in [-0.05, 0) is 13.0 Å². The lowest BCUT2D eigenvalue weighted by Gasteiger charge is -2.00. The number of aromatic nitrogens is 2. The van der Waals surface area contributed by atoms with Gasteiger partial charge in [0.15, 0.2) is 6.29 Å². The smallest absolute Gasteiger partial charge is 0.222 e. The van der Waals surface area contributed by atoms with E-state index in [9.17, 15) is 4.79 Å². The van der Waals surface area contributed by atoms with Crippen molar-refractivity contribution in [1.82, 2.24) is 9.78 Å². The van der Waals surface area contributed by atoms with Gasteiger partial charge in [-0.15, -0.1) is 0 Å². The molecule has 0 N–H and O–H groups in total. The molecule has 0 atom stereocenters. The molecule has 4 heteroatoms. The maximum absolute atomic E-state index is 11.1. The standard InChI is InChI=1S/C13H14N2O2/c1-9-5-4-6-10(7-9)12-11(8-16)13(17-3)15(2)14-12/h4-8H,1-3H3. The highest BCUT2D eigenvalue weighted by atomic mass is 16.5. The van der Waals surface area contributed by atoms with Gasteiger partial charge in [0, 0.05) is 12.6 Å². The summed E-state index contributed by atoms with van der Waals surface area (Å²) in [7, 11) is 3.29. The third-order valence-electron chi connectivity index (χ3n) is 2.63. The van der Waals surface area contributed by atoms with Crippen LogP contribution in [0.2, 0.25) is 0 Å². The van der Waals surface area contributed by atoms with Crippen molar-refractivity contribution in [3.63, 3.8) is 0 Å².